The molecule has 0 heterocycles. The van der Waals surface area contributed by atoms with Crippen LogP contribution in [-0.4, -0.2) is 25.8 Å². The number of hydrogen-bond donors (Lipinski definition) is 1. The minimum atomic E-state index is 0.284. The molecule has 0 aromatic heterocycles. The second-order valence-electron chi connectivity index (χ2n) is 5.84. The summed E-state index contributed by atoms with van der Waals surface area (Å²) >= 11 is 0. The summed E-state index contributed by atoms with van der Waals surface area (Å²) in [6.45, 7) is 9.91. The number of rotatable bonds is 9. The molecule has 1 N–H and O–H groups in total. The Kier molecular flexibility index (Phi) is 7.86. The fourth-order valence-electron chi connectivity index (χ4n) is 2.57. The van der Waals surface area contributed by atoms with Gasteiger partial charge in [0.1, 0.15) is 0 Å². The predicted octanol–water partition coefficient (Wildman–Crippen LogP) is 4.15. The monoisotopic (exact) mass is 277 g/mol. The third-order valence-corrected chi connectivity index (χ3v) is 3.91. The van der Waals surface area contributed by atoms with Crippen molar-refractivity contribution in [1.82, 2.24) is 5.32 Å². The average molecular weight is 277 g/mol. The van der Waals surface area contributed by atoms with E-state index in [1.165, 1.54) is 11.1 Å². The molecule has 0 saturated heterocycles. The van der Waals surface area contributed by atoms with Crippen molar-refractivity contribution in [2.24, 2.45) is 0 Å². The van der Waals surface area contributed by atoms with Crippen LogP contribution in [0.4, 0.5) is 0 Å². The highest BCUT2D eigenvalue weighted by Crippen LogP contribution is 2.17. The van der Waals surface area contributed by atoms with E-state index >= 15 is 0 Å². The molecule has 20 heavy (non-hydrogen) atoms. The van der Waals surface area contributed by atoms with Crippen LogP contribution in [0.15, 0.2) is 24.3 Å². The van der Waals surface area contributed by atoms with Gasteiger partial charge in [-0.25, -0.2) is 0 Å². The predicted molar refractivity (Wildman–Crippen MR) is 87.4 cm³/mol. The van der Waals surface area contributed by atoms with Gasteiger partial charge in [-0.15, -0.1) is 0 Å². The molecule has 0 aliphatic carbocycles. The standard InChI is InChI=1S/C18H31NO/c1-6-12-19-17(18(7-2)20-5)13-15-8-10-16(11-9-15)14(3)4/h8-11,14,17-19H,6-7,12-13H2,1-5H3. The lowest BCUT2D eigenvalue weighted by Crippen LogP contribution is -2.42. The highest BCUT2D eigenvalue weighted by Gasteiger charge is 2.19. The van der Waals surface area contributed by atoms with Crippen LogP contribution in [0.25, 0.3) is 0 Å². The van der Waals surface area contributed by atoms with E-state index in [1.54, 1.807) is 0 Å². The van der Waals surface area contributed by atoms with E-state index in [1.807, 2.05) is 7.11 Å². The molecule has 0 fully saturated rings. The Morgan fingerprint density at radius 1 is 1.10 bits per heavy atom. The number of methoxy groups -OCH3 is 1. The molecule has 2 nitrogen and oxygen atoms in total. The molecule has 1 rings (SSSR count). The van der Waals surface area contributed by atoms with Gasteiger partial charge in [-0.05, 0) is 42.9 Å². The first-order valence-electron chi connectivity index (χ1n) is 7.97. The fourth-order valence-corrected chi connectivity index (χ4v) is 2.57. The van der Waals surface area contributed by atoms with Crippen LogP contribution >= 0.6 is 0 Å². The normalized spacial score (nSPS) is 14.5. The lowest BCUT2D eigenvalue weighted by atomic mass is 9.96. The van der Waals surface area contributed by atoms with E-state index in [0.29, 0.717) is 12.0 Å². The Balaban J connectivity index is 2.72. The van der Waals surface area contributed by atoms with E-state index in [9.17, 15) is 0 Å². The summed E-state index contributed by atoms with van der Waals surface area (Å²) in [5.74, 6) is 0.598. The Hall–Kier alpha value is -0.860. The number of nitrogens with one attached hydrogen (secondary N) is 1. The minimum absolute atomic E-state index is 0.284. The van der Waals surface area contributed by atoms with Crippen LogP contribution in [0.5, 0.6) is 0 Å². The summed E-state index contributed by atoms with van der Waals surface area (Å²) in [4.78, 5) is 0. The van der Waals surface area contributed by atoms with E-state index in [2.05, 4.69) is 57.3 Å². The van der Waals surface area contributed by atoms with E-state index in [-0.39, 0.29) is 6.10 Å². The molecule has 2 atom stereocenters. The van der Waals surface area contributed by atoms with Crippen LogP contribution in [0.1, 0.15) is 57.6 Å². The largest absolute Gasteiger partial charge is 0.380 e. The zero-order valence-electron chi connectivity index (χ0n) is 13.8. The highest BCUT2D eigenvalue weighted by molar-refractivity contribution is 5.25. The van der Waals surface area contributed by atoms with Gasteiger partial charge in [-0.1, -0.05) is 52.0 Å². The molecule has 0 bridgehead atoms. The zero-order chi connectivity index (χ0) is 15.0. The van der Waals surface area contributed by atoms with Crippen molar-refractivity contribution >= 4 is 0 Å². The Morgan fingerprint density at radius 3 is 2.20 bits per heavy atom. The van der Waals surface area contributed by atoms with Crippen molar-refractivity contribution in [3.63, 3.8) is 0 Å². The smallest absolute Gasteiger partial charge is 0.0724 e. The Labute approximate surface area is 124 Å². The lowest BCUT2D eigenvalue weighted by Gasteiger charge is -2.26. The SMILES string of the molecule is CCCNC(Cc1ccc(C(C)C)cc1)C(CC)OC. The molecular formula is C18H31NO. The van der Waals surface area contributed by atoms with Gasteiger partial charge in [0.15, 0.2) is 0 Å². The first-order valence-corrected chi connectivity index (χ1v) is 7.97. The van der Waals surface area contributed by atoms with Gasteiger partial charge in [-0.2, -0.15) is 0 Å². The molecule has 2 heteroatoms. The van der Waals surface area contributed by atoms with Crippen LogP contribution in [0.2, 0.25) is 0 Å². The Morgan fingerprint density at radius 2 is 1.75 bits per heavy atom. The minimum Gasteiger partial charge on any atom is -0.380 e. The molecule has 1 aromatic carbocycles. The molecule has 0 radical (unpaired) electrons. The first-order chi connectivity index (χ1) is 9.62. The van der Waals surface area contributed by atoms with E-state index in [4.69, 9.17) is 4.74 Å². The first kappa shape index (κ1) is 17.2. The van der Waals surface area contributed by atoms with Crippen LogP contribution in [-0.2, 0) is 11.2 Å². The highest BCUT2D eigenvalue weighted by atomic mass is 16.5. The van der Waals surface area contributed by atoms with Gasteiger partial charge in [0.2, 0.25) is 0 Å². The quantitative estimate of drug-likeness (QED) is 0.732. The number of ether oxygens (including phenoxy) is 1. The topological polar surface area (TPSA) is 21.3 Å². The zero-order valence-corrected chi connectivity index (χ0v) is 13.8. The van der Waals surface area contributed by atoms with Crippen molar-refractivity contribution in [2.75, 3.05) is 13.7 Å². The summed E-state index contributed by atoms with van der Waals surface area (Å²) in [5, 5.41) is 3.63. The fraction of sp³-hybridized carbons (Fsp3) is 0.667. The van der Waals surface area contributed by atoms with Gasteiger partial charge in [0, 0.05) is 13.2 Å². The van der Waals surface area contributed by atoms with Crippen LogP contribution in [0, 0.1) is 0 Å². The van der Waals surface area contributed by atoms with Gasteiger partial charge in [0.25, 0.3) is 0 Å². The molecule has 0 aliphatic heterocycles. The number of hydrogen-bond acceptors (Lipinski definition) is 2. The lowest BCUT2D eigenvalue weighted by molar-refractivity contribution is 0.0653. The summed E-state index contributed by atoms with van der Waals surface area (Å²) in [7, 11) is 1.82. The third-order valence-electron chi connectivity index (χ3n) is 3.91. The van der Waals surface area contributed by atoms with Gasteiger partial charge >= 0.3 is 0 Å². The van der Waals surface area contributed by atoms with E-state index in [0.717, 1.165) is 25.8 Å². The second kappa shape index (κ2) is 9.15. The summed E-state index contributed by atoms with van der Waals surface area (Å²) in [5.41, 5.74) is 2.80. The summed E-state index contributed by atoms with van der Waals surface area (Å²) < 4.78 is 5.63. The summed E-state index contributed by atoms with van der Waals surface area (Å²) in [6, 6.07) is 9.43. The molecule has 1 aromatic rings. The van der Waals surface area contributed by atoms with Crippen LogP contribution < -0.4 is 5.32 Å². The molecule has 0 saturated carbocycles. The molecule has 0 spiro atoms. The van der Waals surface area contributed by atoms with Gasteiger partial charge in [0.05, 0.1) is 6.10 Å². The van der Waals surface area contributed by atoms with Crippen molar-refractivity contribution in [1.29, 1.82) is 0 Å². The number of benzene rings is 1. The Bertz CT molecular complexity index is 354. The van der Waals surface area contributed by atoms with Gasteiger partial charge < -0.3 is 10.1 Å². The average Bonchev–Trinajstić information content (AvgIpc) is 2.46. The van der Waals surface area contributed by atoms with Gasteiger partial charge in [-0.3, -0.25) is 0 Å². The van der Waals surface area contributed by atoms with E-state index < -0.39 is 0 Å². The molecular weight excluding hydrogens is 246 g/mol. The van der Waals surface area contributed by atoms with Crippen molar-refractivity contribution < 1.29 is 4.74 Å². The maximum atomic E-state index is 5.63. The molecule has 114 valence electrons. The molecule has 0 amide bonds. The van der Waals surface area contributed by atoms with Crippen molar-refractivity contribution in [3.05, 3.63) is 35.4 Å². The van der Waals surface area contributed by atoms with Crippen molar-refractivity contribution in [2.45, 2.75) is 65.0 Å². The second-order valence-corrected chi connectivity index (χ2v) is 5.84. The maximum Gasteiger partial charge on any atom is 0.0724 e. The van der Waals surface area contributed by atoms with Crippen molar-refractivity contribution in [3.8, 4) is 0 Å². The maximum absolute atomic E-state index is 5.63. The summed E-state index contributed by atoms with van der Waals surface area (Å²) in [6.07, 6.45) is 3.52. The third kappa shape index (κ3) is 5.26. The van der Waals surface area contributed by atoms with Crippen LogP contribution in [0.3, 0.4) is 0 Å². The molecule has 2 unspecified atom stereocenters. The molecule has 0 aliphatic rings.